The summed E-state index contributed by atoms with van der Waals surface area (Å²) in [6.07, 6.45) is 19.6. The Morgan fingerprint density at radius 1 is 0.868 bits per heavy atom. The van der Waals surface area contributed by atoms with E-state index >= 15 is 0 Å². The fourth-order valence-corrected chi connectivity index (χ4v) is 4.67. The lowest BCUT2D eigenvalue weighted by atomic mass is 10.0. The number of benzene rings is 1. The molecule has 0 unspecified atom stereocenters. The van der Waals surface area contributed by atoms with E-state index in [2.05, 4.69) is 11.4 Å². The molecule has 0 fully saturated rings. The highest BCUT2D eigenvalue weighted by molar-refractivity contribution is 7.46. The highest BCUT2D eigenvalue weighted by Crippen LogP contribution is 2.36. The van der Waals surface area contributed by atoms with Crippen molar-refractivity contribution in [1.29, 1.82) is 5.26 Å². The van der Waals surface area contributed by atoms with Gasteiger partial charge in [-0.1, -0.05) is 103 Å². The third kappa shape index (κ3) is 17.9. The summed E-state index contributed by atoms with van der Waals surface area (Å²) in [5.41, 5.74) is 0.727. The number of nitriles is 1. The van der Waals surface area contributed by atoms with E-state index in [1.165, 1.54) is 89.5 Å². The Kier molecular flexibility index (Phi) is 19.4. The molecule has 0 saturated heterocycles. The van der Waals surface area contributed by atoms with Crippen molar-refractivity contribution < 1.29 is 32.7 Å². The van der Waals surface area contributed by atoms with Crippen LogP contribution in [0.2, 0.25) is 0 Å². The third-order valence-corrected chi connectivity index (χ3v) is 7.05. The Balaban J connectivity index is 2.15. The van der Waals surface area contributed by atoms with Crippen LogP contribution in [0.15, 0.2) is 12.1 Å². The molecular weight excluding hydrogens is 508 g/mol. The van der Waals surface area contributed by atoms with Crippen LogP contribution in [0.5, 0.6) is 5.75 Å². The van der Waals surface area contributed by atoms with E-state index in [9.17, 15) is 8.96 Å². The van der Waals surface area contributed by atoms with Gasteiger partial charge in [0.05, 0.1) is 24.8 Å². The number of ether oxygens (including phenoxy) is 2. The predicted octanol–water partition coefficient (Wildman–Crippen LogP) is 8.14. The summed E-state index contributed by atoms with van der Waals surface area (Å²) >= 11 is 0. The molecule has 38 heavy (non-hydrogen) atoms. The zero-order chi connectivity index (χ0) is 28.1. The van der Waals surface area contributed by atoms with Gasteiger partial charge in [0.1, 0.15) is 6.10 Å². The van der Waals surface area contributed by atoms with Gasteiger partial charge in [-0.15, -0.1) is 0 Å². The molecule has 2 N–H and O–H groups in total. The van der Waals surface area contributed by atoms with Crippen LogP contribution in [-0.2, 0) is 13.8 Å². The molecule has 0 aliphatic carbocycles. The second kappa shape index (κ2) is 21.3. The number of unbranched alkanes of at least 4 members (excludes halogenated alkanes) is 15. The molecule has 1 atom stereocenters. The van der Waals surface area contributed by atoms with Gasteiger partial charge < -0.3 is 19.3 Å². The van der Waals surface area contributed by atoms with Gasteiger partial charge in [0.25, 0.3) is 0 Å². The van der Waals surface area contributed by atoms with Crippen molar-refractivity contribution in [2.45, 2.75) is 123 Å². The molecule has 1 rings (SSSR count). The molecule has 0 bridgehead atoms. The van der Waals surface area contributed by atoms with Crippen molar-refractivity contribution in [2.24, 2.45) is 0 Å². The first-order valence-corrected chi connectivity index (χ1v) is 15.9. The molecule has 0 spiro atoms. The van der Waals surface area contributed by atoms with E-state index < -0.39 is 26.4 Å². The minimum Gasteiger partial charge on any atom is -0.482 e. The molecule has 7 nitrogen and oxygen atoms in total. The van der Waals surface area contributed by atoms with Crippen molar-refractivity contribution in [3.8, 4) is 11.8 Å². The monoisotopic (exact) mass is 557 g/mol. The van der Waals surface area contributed by atoms with Gasteiger partial charge in [0.15, 0.2) is 11.6 Å². The molecule has 1 aromatic carbocycles. The van der Waals surface area contributed by atoms with Crippen LogP contribution in [-0.4, -0.2) is 35.7 Å². The van der Waals surface area contributed by atoms with Crippen molar-refractivity contribution in [2.75, 3.05) is 19.8 Å². The molecule has 0 aliphatic heterocycles. The first-order chi connectivity index (χ1) is 18.3. The summed E-state index contributed by atoms with van der Waals surface area (Å²) < 4.78 is 41.2. The fraction of sp³-hybridized carbons (Fsp3) is 0.759. The maximum atomic E-state index is 14.3. The van der Waals surface area contributed by atoms with Crippen LogP contribution >= 0.6 is 7.82 Å². The second-order valence-corrected chi connectivity index (χ2v) is 11.4. The zero-order valence-electron chi connectivity index (χ0n) is 23.5. The minimum absolute atomic E-state index is 0.00275. The van der Waals surface area contributed by atoms with Gasteiger partial charge in [-0.3, -0.25) is 4.52 Å². The topological polar surface area (TPSA) is 109 Å². The number of aryl methyl sites for hydroxylation is 1. The lowest BCUT2D eigenvalue weighted by Gasteiger charge is -2.20. The molecule has 218 valence electrons. The maximum Gasteiger partial charge on any atom is 0.469 e. The number of rotatable bonds is 24. The minimum atomic E-state index is -4.71. The molecule has 0 saturated carbocycles. The maximum absolute atomic E-state index is 14.3. The normalized spacial score (nSPS) is 12.4. The second-order valence-electron chi connectivity index (χ2n) is 10.1. The Labute approximate surface area is 229 Å². The first-order valence-electron chi connectivity index (χ1n) is 14.4. The summed E-state index contributed by atoms with van der Waals surface area (Å²) in [6.45, 7) is 3.93. The molecule has 0 radical (unpaired) electrons. The van der Waals surface area contributed by atoms with Gasteiger partial charge in [-0.05, 0) is 31.0 Å². The van der Waals surface area contributed by atoms with Gasteiger partial charge in [-0.2, -0.15) is 5.26 Å². The van der Waals surface area contributed by atoms with E-state index in [1.54, 1.807) is 6.92 Å². The Morgan fingerprint density at radius 3 is 1.84 bits per heavy atom. The number of phosphoric ester groups is 1. The standard InChI is InChI=1S/C29H49FNO6P/c1-3-4-5-6-7-8-9-10-11-12-13-14-15-16-17-18-19-35-23-27(24-36-38(32,33)34)37-29-20-25(2)26(22-31)21-28(29)30/h20-21,27H,3-19,23-24H2,1-2H3,(H2,32,33,34)/t27-/m1/s1. The van der Waals surface area contributed by atoms with Crippen molar-refractivity contribution >= 4 is 7.82 Å². The summed E-state index contributed by atoms with van der Waals surface area (Å²) in [4.78, 5) is 18.0. The van der Waals surface area contributed by atoms with Gasteiger partial charge in [0, 0.05) is 6.61 Å². The Bertz CT molecular complexity index is 841. The van der Waals surface area contributed by atoms with Crippen molar-refractivity contribution in [3.05, 3.63) is 29.1 Å². The van der Waals surface area contributed by atoms with Crippen molar-refractivity contribution in [1.82, 2.24) is 0 Å². The SMILES string of the molecule is CCCCCCCCCCCCCCCCCCOC[C@H](COP(=O)(O)O)Oc1cc(C)c(C#N)cc1F. The summed E-state index contributed by atoms with van der Waals surface area (Å²) in [5, 5.41) is 9.03. The van der Waals surface area contributed by atoms with Crippen LogP contribution in [0, 0.1) is 24.1 Å². The van der Waals surface area contributed by atoms with E-state index in [-0.39, 0.29) is 17.9 Å². The summed E-state index contributed by atoms with van der Waals surface area (Å²) in [6, 6.07) is 4.36. The highest BCUT2D eigenvalue weighted by atomic mass is 31.2. The van der Waals surface area contributed by atoms with E-state index in [4.69, 9.17) is 24.5 Å². The van der Waals surface area contributed by atoms with Crippen LogP contribution < -0.4 is 4.74 Å². The number of hydrogen-bond donors (Lipinski definition) is 2. The summed E-state index contributed by atoms with van der Waals surface area (Å²) in [7, 11) is -4.71. The number of phosphoric acid groups is 1. The predicted molar refractivity (Wildman–Crippen MR) is 149 cm³/mol. The van der Waals surface area contributed by atoms with Crippen molar-refractivity contribution in [3.63, 3.8) is 0 Å². The molecule has 0 amide bonds. The van der Waals surface area contributed by atoms with Gasteiger partial charge >= 0.3 is 7.82 Å². The number of hydrogen-bond acceptors (Lipinski definition) is 5. The first kappa shape index (κ1) is 34.5. The van der Waals surface area contributed by atoms with E-state index in [1.807, 2.05) is 6.07 Å². The van der Waals surface area contributed by atoms with Gasteiger partial charge in [-0.25, -0.2) is 8.96 Å². The largest absolute Gasteiger partial charge is 0.482 e. The Hall–Kier alpha value is -1.49. The molecule has 0 heterocycles. The van der Waals surface area contributed by atoms with Crippen LogP contribution in [0.4, 0.5) is 4.39 Å². The molecule has 0 aliphatic rings. The lowest BCUT2D eigenvalue weighted by Crippen LogP contribution is -2.29. The van der Waals surface area contributed by atoms with E-state index in [0.717, 1.165) is 25.3 Å². The molecule has 0 aromatic heterocycles. The van der Waals surface area contributed by atoms with Gasteiger partial charge in [0.2, 0.25) is 0 Å². The summed E-state index contributed by atoms with van der Waals surface area (Å²) in [5.74, 6) is -0.849. The van der Waals surface area contributed by atoms with E-state index in [0.29, 0.717) is 12.2 Å². The smallest absolute Gasteiger partial charge is 0.469 e. The molecular formula is C29H49FNO6P. The zero-order valence-corrected chi connectivity index (χ0v) is 24.4. The average Bonchev–Trinajstić information content (AvgIpc) is 2.87. The third-order valence-electron chi connectivity index (χ3n) is 6.57. The number of halogens is 1. The highest BCUT2D eigenvalue weighted by Gasteiger charge is 2.21. The quantitative estimate of drug-likeness (QED) is 0.0975. The molecule has 9 heteroatoms. The molecule has 1 aromatic rings. The van der Waals surface area contributed by atoms with Crippen LogP contribution in [0.3, 0.4) is 0 Å². The average molecular weight is 558 g/mol. The lowest BCUT2D eigenvalue weighted by molar-refractivity contribution is 0.0163. The fourth-order valence-electron chi connectivity index (χ4n) is 4.31. The van der Waals surface area contributed by atoms with Crippen LogP contribution in [0.25, 0.3) is 0 Å². The Morgan fingerprint density at radius 2 is 1.37 bits per heavy atom. The number of nitrogens with zero attached hydrogens (tertiary/aromatic N) is 1. The van der Waals surface area contributed by atoms with Crippen LogP contribution in [0.1, 0.15) is 121 Å².